The third-order valence-corrected chi connectivity index (χ3v) is 4.46. The van der Waals surface area contributed by atoms with E-state index in [0.717, 1.165) is 5.75 Å². The zero-order valence-corrected chi connectivity index (χ0v) is 15.8. The largest absolute Gasteiger partial charge is 0.494 e. The monoisotopic (exact) mass is 359 g/mol. The van der Waals surface area contributed by atoms with Gasteiger partial charge in [-0.1, -0.05) is 29.8 Å². The van der Waals surface area contributed by atoms with Crippen LogP contribution in [0.3, 0.4) is 0 Å². The number of amides is 1. The van der Waals surface area contributed by atoms with Crippen molar-refractivity contribution in [2.45, 2.75) is 26.5 Å². The van der Waals surface area contributed by atoms with Gasteiger partial charge in [0.2, 0.25) is 5.91 Å². The second kappa shape index (κ2) is 9.99. The lowest BCUT2D eigenvalue weighted by Gasteiger charge is -2.13. The highest BCUT2D eigenvalue weighted by Crippen LogP contribution is 2.29. The summed E-state index contributed by atoms with van der Waals surface area (Å²) in [6.45, 7) is 7.03. The number of thioether (sulfide) groups is 1. The van der Waals surface area contributed by atoms with Gasteiger partial charge in [0.25, 0.3) is 0 Å². The number of carbonyl (C=O) groups excluding carboxylic acids is 1. The van der Waals surface area contributed by atoms with Crippen LogP contribution in [0.2, 0.25) is 0 Å². The van der Waals surface area contributed by atoms with Crippen LogP contribution in [0.15, 0.2) is 42.5 Å². The van der Waals surface area contributed by atoms with E-state index < -0.39 is 0 Å². The molecule has 2 rings (SSSR count). The van der Waals surface area contributed by atoms with E-state index in [0.29, 0.717) is 36.2 Å². The van der Waals surface area contributed by atoms with Crippen LogP contribution in [-0.2, 0) is 10.5 Å². The van der Waals surface area contributed by atoms with E-state index >= 15 is 0 Å². The molecule has 0 heterocycles. The first-order chi connectivity index (χ1) is 12.1. The molecule has 25 heavy (non-hydrogen) atoms. The lowest BCUT2D eigenvalue weighted by molar-refractivity contribution is -0.113. The molecule has 0 aromatic heterocycles. The fourth-order valence-corrected chi connectivity index (χ4v) is 3.06. The van der Waals surface area contributed by atoms with Crippen LogP contribution >= 0.6 is 11.8 Å². The van der Waals surface area contributed by atoms with E-state index in [1.807, 2.05) is 26.0 Å². The molecule has 0 atom stereocenters. The van der Waals surface area contributed by atoms with Crippen LogP contribution in [0.25, 0.3) is 0 Å². The molecule has 1 N–H and O–H groups in total. The molecular weight excluding hydrogens is 334 g/mol. The maximum absolute atomic E-state index is 12.3. The third-order valence-electron chi connectivity index (χ3n) is 3.46. The van der Waals surface area contributed by atoms with Crippen LogP contribution in [0.5, 0.6) is 11.5 Å². The van der Waals surface area contributed by atoms with Gasteiger partial charge >= 0.3 is 0 Å². The van der Waals surface area contributed by atoms with E-state index in [2.05, 4.69) is 36.5 Å². The van der Waals surface area contributed by atoms with Crippen LogP contribution in [0.1, 0.15) is 25.0 Å². The Morgan fingerprint density at radius 3 is 2.44 bits per heavy atom. The molecule has 0 aliphatic heterocycles. The van der Waals surface area contributed by atoms with E-state index in [1.54, 1.807) is 17.8 Å². The molecule has 0 aliphatic carbocycles. The molecule has 1 amide bonds. The average molecular weight is 359 g/mol. The Morgan fingerprint density at radius 1 is 1.04 bits per heavy atom. The number of hydrogen-bond donors (Lipinski definition) is 1. The first-order valence-electron chi connectivity index (χ1n) is 8.45. The topological polar surface area (TPSA) is 47.6 Å². The Bertz CT molecular complexity index is 686. The standard InChI is InChI=1S/C20H25NO3S/c1-4-23-17-10-11-19(24-5-2)18(12-17)21-20(22)14-25-13-16-8-6-15(3)7-9-16/h6-12H,4-5,13-14H2,1-3H3,(H,21,22). The first kappa shape index (κ1) is 19.2. The Kier molecular flexibility index (Phi) is 7.67. The summed E-state index contributed by atoms with van der Waals surface area (Å²) in [6, 6.07) is 13.8. The molecular formula is C20H25NO3S. The van der Waals surface area contributed by atoms with Gasteiger partial charge in [-0.2, -0.15) is 0 Å². The highest BCUT2D eigenvalue weighted by molar-refractivity contribution is 7.99. The van der Waals surface area contributed by atoms with Gasteiger partial charge in [-0.05, 0) is 38.5 Å². The highest BCUT2D eigenvalue weighted by Gasteiger charge is 2.10. The van der Waals surface area contributed by atoms with E-state index in [-0.39, 0.29) is 5.91 Å². The average Bonchev–Trinajstić information content (AvgIpc) is 2.59. The summed E-state index contributed by atoms with van der Waals surface area (Å²) < 4.78 is 11.1. The molecule has 0 saturated heterocycles. The van der Waals surface area contributed by atoms with Crippen LogP contribution in [0, 0.1) is 6.92 Å². The minimum absolute atomic E-state index is 0.0493. The second-order valence-corrected chi connectivity index (χ2v) is 6.54. The number of ether oxygens (including phenoxy) is 2. The van der Waals surface area contributed by atoms with Gasteiger partial charge < -0.3 is 14.8 Å². The van der Waals surface area contributed by atoms with Crippen molar-refractivity contribution in [1.82, 2.24) is 0 Å². The molecule has 0 bridgehead atoms. The molecule has 5 heteroatoms. The molecule has 4 nitrogen and oxygen atoms in total. The second-order valence-electron chi connectivity index (χ2n) is 5.55. The lowest BCUT2D eigenvalue weighted by atomic mass is 10.2. The van der Waals surface area contributed by atoms with Crippen molar-refractivity contribution in [1.29, 1.82) is 0 Å². The van der Waals surface area contributed by atoms with Crippen LogP contribution in [-0.4, -0.2) is 24.9 Å². The number of hydrogen-bond acceptors (Lipinski definition) is 4. The zero-order chi connectivity index (χ0) is 18.1. The highest BCUT2D eigenvalue weighted by atomic mass is 32.2. The minimum Gasteiger partial charge on any atom is -0.494 e. The van der Waals surface area contributed by atoms with Gasteiger partial charge in [-0.25, -0.2) is 0 Å². The Hall–Kier alpha value is -2.14. The molecule has 0 aliphatic rings. The maximum Gasteiger partial charge on any atom is 0.234 e. The van der Waals surface area contributed by atoms with Gasteiger partial charge in [0.1, 0.15) is 11.5 Å². The van der Waals surface area contributed by atoms with Crippen molar-refractivity contribution in [3.8, 4) is 11.5 Å². The van der Waals surface area contributed by atoms with Gasteiger partial charge in [0.15, 0.2) is 0 Å². The van der Waals surface area contributed by atoms with Crippen LogP contribution < -0.4 is 14.8 Å². The summed E-state index contributed by atoms with van der Waals surface area (Å²) in [7, 11) is 0. The normalized spacial score (nSPS) is 10.4. The fourth-order valence-electron chi connectivity index (χ4n) is 2.28. The third kappa shape index (κ3) is 6.35. The van der Waals surface area contributed by atoms with Crippen molar-refractivity contribution >= 4 is 23.4 Å². The van der Waals surface area contributed by atoms with Crippen molar-refractivity contribution in [2.75, 3.05) is 24.3 Å². The van der Waals surface area contributed by atoms with Crippen molar-refractivity contribution in [2.24, 2.45) is 0 Å². The number of anilines is 1. The summed E-state index contributed by atoms with van der Waals surface area (Å²) in [5, 5.41) is 2.92. The van der Waals surface area contributed by atoms with Gasteiger partial charge in [0.05, 0.1) is 24.7 Å². The summed E-state index contributed by atoms with van der Waals surface area (Å²) in [5.41, 5.74) is 3.11. The maximum atomic E-state index is 12.3. The van der Waals surface area contributed by atoms with Crippen molar-refractivity contribution in [3.05, 3.63) is 53.6 Å². The van der Waals surface area contributed by atoms with Crippen molar-refractivity contribution < 1.29 is 14.3 Å². The van der Waals surface area contributed by atoms with Crippen molar-refractivity contribution in [3.63, 3.8) is 0 Å². The molecule has 0 unspecified atom stereocenters. The van der Waals surface area contributed by atoms with Gasteiger partial charge in [-0.3, -0.25) is 4.79 Å². The summed E-state index contributed by atoms with van der Waals surface area (Å²) in [4.78, 5) is 12.3. The Labute approximate surface area is 153 Å². The smallest absolute Gasteiger partial charge is 0.234 e. The molecule has 2 aromatic carbocycles. The van der Waals surface area contributed by atoms with E-state index in [1.165, 1.54) is 11.1 Å². The summed E-state index contributed by atoms with van der Waals surface area (Å²) in [5.74, 6) is 2.52. The summed E-state index contributed by atoms with van der Waals surface area (Å²) >= 11 is 1.59. The number of aryl methyl sites for hydroxylation is 1. The molecule has 0 spiro atoms. The molecule has 134 valence electrons. The van der Waals surface area contributed by atoms with Crippen LogP contribution in [0.4, 0.5) is 5.69 Å². The first-order valence-corrected chi connectivity index (χ1v) is 9.60. The molecule has 0 saturated carbocycles. The molecule has 2 aromatic rings. The number of nitrogens with one attached hydrogen (secondary N) is 1. The zero-order valence-electron chi connectivity index (χ0n) is 15.0. The van der Waals surface area contributed by atoms with Gasteiger partial charge in [-0.15, -0.1) is 11.8 Å². The predicted octanol–water partition coefficient (Wildman–Crippen LogP) is 4.66. The minimum atomic E-state index is -0.0493. The fraction of sp³-hybridized carbons (Fsp3) is 0.350. The Balaban J connectivity index is 1.91. The Morgan fingerprint density at radius 2 is 1.76 bits per heavy atom. The molecule has 0 fully saturated rings. The predicted molar refractivity (Wildman–Crippen MR) is 105 cm³/mol. The lowest BCUT2D eigenvalue weighted by Crippen LogP contribution is -2.15. The molecule has 0 radical (unpaired) electrons. The summed E-state index contributed by atoms with van der Waals surface area (Å²) in [6.07, 6.45) is 0. The number of carbonyl (C=O) groups is 1. The SMILES string of the molecule is CCOc1ccc(OCC)c(NC(=O)CSCc2ccc(C)cc2)c1. The quantitative estimate of drug-likeness (QED) is 0.707. The number of benzene rings is 2. The van der Waals surface area contributed by atoms with E-state index in [9.17, 15) is 4.79 Å². The van der Waals surface area contributed by atoms with Gasteiger partial charge in [0, 0.05) is 11.8 Å². The van der Waals surface area contributed by atoms with E-state index in [4.69, 9.17) is 9.47 Å². The number of rotatable bonds is 9.